The van der Waals surface area contributed by atoms with Gasteiger partial charge in [0.25, 0.3) is 5.91 Å². The predicted octanol–water partition coefficient (Wildman–Crippen LogP) is 4.23. The van der Waals surface area contributed by atoms with Crippen LogP contribution < -0.4 is 14.8 Å². The van der Waals surface area contributed by atoms with Gasteiger partial charge in [0.15, 0.2) is 11.5 Å². The number of nitrogens with one attached hydrogen (secondary N) is 1. The van der Waals surface area contributed by atoms with E-state index in [4.69, 9.17) is 21.1 Å². The fraction of sp³-hybridized carbons (Fsp3) is 0.227. The van der Waals surface area contributed by atoms with Gasteiger partial charge < -0.3 is 14.8 Å². The van der Waals surface area contributed by atoms with E-state index in [1.54, 1.807) is 30.3 Å². The van der Waals surface area contributed by atoms with E-state index < -0.39 is 5.91 Å². The van der Waals surface area contributed by atoms with Crippen molar-refractivity contribution < 1.29 is 14.3 Å². The molecule has 29 heavy (non-hydrogen) atoms. The van der Waals surface area contributed by atoms with Crippen LogP contribution in [-0.2, 0) is 11.4 Å². The van der Waals surface area contributed by atoms with Gasteiger partial charge in [0.05, 0.1) is 23.8 Å². The predicted molar refractivity (Wildman–Crippen MR) is 110 cm³/mol. The van der Waals surface area contributed by atoms with Gasteiger partial charge in [-0.1, -0.05) is 29.8 Å². The number of methoxy groups -OCH3 is 1. The Labute approximate surface area is 174 Å². The van der Waals surface area contributed by atoms with Gasteiger partial charge in [-0.2, -0.15) is 10.5 Å². The molecule has 148 valence electrons. The van der Waals surface area contributed by atoms with Crippen LogP contribution in [0, 0.1) is 22.7 Å². The molecular formula is C22H20ClN3O3. The Bertz CT molecular complexity index is 1020. The zero-order valence-corrected chi connectivity index (χ0v) is 17.1. The number of halogens is 1. The van der Waals surface area contributed by atoms with Crippen LogP contribution >= 0.6 is 11.6 Å². The van der Waals surface area contributed by atoms with Gasteiger partial charge in [-0.05, 0) is 43.7 Å². The lowest BCUT2D eigenvalue weighted by atomic mass is 10.1. The summed E-state index contributed by atoms with van der Waals surface area (Å²) in [7, 11) is 1.46. The molecule has 0 saturated heterocycles. The molecule has 0 heterocycles. The van der Waals surface area contributed by atoms with E-state index in [2.05, 4.69) is 11.4 Å². The topological polar surface area (TPSA) is 95.1 Å². The first-order valence-corrected chi connectivity index (χ1v) is 9.18. The number of nitriles is 2. The number of carbonyl (C=O) groups is 1. The molecule has 6 nitrogen and oxygen atoms in total. The molecule has 0 spiro atoms. The molecule has 1 amide bonds. The number of hydrogen-bond acceptors (Lipinski definition) is 5. The molecular weight excluding hydrogens is 390 g/mol. The average Bonchev–Trinajstić information content (AvgIpc) is 2.70. The van der Waals surface area contributed by atoms with Crippen molar-refractivity contribution in [2.75, 3.05) is 7.11 Å². The van der Waals surface area contributed by atoms with Gasteiger partial charge >= 0.3 is 0 Å². The summed E-state index contributed by atoms with van der Waals surface area (Å²) in [4.78, 5) is 12.1. The summed E-state index contributed by atoms with van der Waals surface area (Å²) in [6.45, 7) is 3.75. The maximum Gasteiger partial charge on any atom is 0.262 e. The van der Waals surface area contributed by atoms with Crippen LogP contribution in [0.3, 0.4) is 0 Å². The minimum atomic E-state index is -0.467. The smallest absolute Gasteiger partial charge is 0.262 e. The molecule has 7 heteroatoms. The zero-order valence-electron chi connectivity index (χ0n) is 16.3. The molecule has 0 aliphatic carbocycles. The molecule has 0 radical (unpaired) electrons. The Morgan fingerprint density at radius 2 is 2.00 bits per heavy atom. The van der Waals surface area contributed by atoms with Crippen molar-refractivity contribution in [3.63, 3.8) is 0 Å². The highest BCUT2D eigenvalue weighted by Crippen LogP contribution is 2.37. The second-order valence-corrected chi connectivity index (χ2v) is 6.80. The maximum absolute atomic E-state index is 12.1. The van der Waals surface area contributed by atoms with Crippen molar-refractivity contribution in [1.29, 1.82) is 10.5 Å². The van der Waals surface area contributed by atoms with Gasteiger partial charge in [0, 0.05) is 11.6 Å². The Morgan fingerprint density at radius 3 is 2.62 bits per heavy atom. The highest BCUT2D eigenvalue weighted by molar-refractivity contribution is 6.32. The molecule has 2 rings (SSSR count). The third-order valence-corrected chi connectivity index (χ3v) is 4.14. The van der Waals surface area contributed by atoms with E-state index in [0.717, 1.165) is 0 Å². The Balaban J connectivity index is 2.31. The molecule has 2 aromatic rings. The highest BCUT2D eigenvalue weighted by atomic mass is 35.5. The Hall–Kier alpha value is -3.48. The maximum atomic E-state index is 12.1. The zero-order chi connectivity index (χ0) is 21.4. The van der Waals surface area contributed by atoms with Crippen LogP contribution in [0.1, 0.15) is 30.5 Å². The lowest BCUT2D eigenvalue weighted by molar-refractivity contribution is -0.117. The van der Waals surface area contributed by atoms with Gasteiger partial charge in [-0.3, -0.25) is 4.79 Å². The quantitative estimate of drug-likeness (QED) is 0.545. The summed E-state index contributed by atoms with van der Waals surface area (Å²) >= 11 is 6.36. The van der Waals surface area contributed by atoms with Crippen molar-refractivity contribution >= 4 is 23.6 Å². The van der Waals surface area contributed by atoms with Crippen molar-refractivity contribution in [2.45, 2.75) is 26.5 Å². The van der Waals surface area contributed by atoms with Crippen molar-refractivity contribution in [3.05, 3.63) is 63.7 Å². The molecule has 0 saturated carbocycles. The number of nitrogens with zero attached hydrogens (tertiary/aromatic N) is 2. The van der Waals surface area contributed by atoms with Gasteiger partial charge in [0.1, 0.15) is 18.2 Å². The molecule has 2 aromatic carbocycles. The van der Waals surface area contributed by atoms with Crippen molar-refractivity contribution in [3.8, 4) is 23.6 Å². The van der Waals surface area contributed by atoms with Crippen LogP contribution in [0.4, 0.5) is 0 Å². The summed E-state index contributed by atoms with van der Waals surface area (Å²) in [5, 5.41) is 21.4. The molecule has 0 bridgehead atoms. The van der Waals surface area contributed by atoms with Crippen LogP contribution in [0.5, 0.6) is 11.5 Å². The van der Waals surface area contributed by atoms with E-state index in [0.29, 0.717) is 28.2 Å². The molecule has 0 aromatic heterocycles. The SMILES string of the molecule is COc1cc(/C=C(/C#N)C(=O)NC(C)C)cc(Cl)c1OCc1ccccc1C#N. The lowest BCUT2D eigenvalue weighted by Crippen LogP contribution is -2.30. The molecule has 0 aliphatic rings. The number of ether oxygens (including phenoxy) is 2. The third kappa shape index (κ3) is 5.75. The van der Waals surface area contributed by atoms with Crippen LogP contribution in [0.25, 0.3) is 6.08 Å². The summed E-state index contributed by atoms with van der Waals surface area (Å²) < 4.78 is 11.2. The number of benzene rings is 2. The Kier molecular flexibility index (Phi) is 7.65. The fourth-order valence-corrected chi connectivity index (χ4v) is 2.80. The summed E-state index contributed by atoms with van der Waals surface area (Å²) in [5.74, 6) is 0.190. The van der Waals surface area contributed by atoms with E-state index in [-0.39, 0.29) is 23.2 Å². The van der Waals surface area contributed by atoms with E-state index in [9.17, 15) is 15.3 Å². The monoisotopic (exact) mass is 409 g/mol. The number of hydrogen-bond donors (Lipinski definition) is 1. The minimum absolute atomic E-state index is 0.0477. The van der Waals surface area contributed by atoms with Crippen LogP contribution in [-0.4, -0.2) is 19.1 Å². The average molecular weight is 410 g/mol. The molecule has 0 atom stereocenters. The number of rotatable bonds is 7. The molecule has 0 unspecified atom stereocenters. The first-order chi connectivity index (χ1) is 13.9. The molecule has 0 aliphatic heterocycles. The first kappa shape index (κ1) is 21.8. The summed E-state index contributed by atoms with van der Waals surface area (Å²) in [6, 6.07) is 14.2. The first-order valence-electron chi connectivity index (χ1n) is 8.80. The fourth-order valence-electron chi connectivity index (χ4n) is 2.52. The highest BCUT2D eigenvalue weighted by Gasteiger charge is 2.15. The summed E-state index contributed by atoms with van der Waals surface area (Å²) in [5.41, 5.74) is 1.70. The van der Waals surface area contributed by atoms with Crippen LogP contribution in [0.15, 0.2) is 42.0 Å². The normalized spacial score (nSPS) is 10.8. The second-order valence-electron chi connectivity index (χ2n) is 6.39. The molecule has 0 fully saturated rings. The van der Waals surface area contributed by atoms with Gasteiger partial charge in [-0.15, -0.1) is 0 Å². The van der Waals surface area contributed by atoms with E-state index >= 15 is 0 Å². The van der Waals surface area contributed by atoms with E-state index in [1.807, 2.05) is 26.0 Å². The largest absolute Gasteiger partial charge is 0.493 e. The van der Waals surface area contributed by atoms with E-state index in [1.165, 1.54) is 13.2 Å². The molecule has 1 N–H and O–H groups in total. The Morgan fingerprint density at radius 1 is 1.28 bits per heavy atom. The van der Waals surface area contributed by atoms with Gasteiger partial charge in [0.2, 0.25) is 0 Å². The minimum Gasteiger partial charge on any atom is -0.493 e. The standard InChI is InChI=1S/C22H20ClN3O3/c1-14(2)26-22(27)18(12-25)8-15-9-19(23)21(20(10-15)28-3)29-13-17-7-5-4-6-16(17)11-24/h4-10,14H,13H2,1-3H3,(H,26,27)/b18-8-. The number of carbonyl (C=O) groups excluding carboxylic acids is 1. The van der Waals surface area contributed by atoms with Crippen LogP contribution in [0.2, 0.25) is 5.02 Å². The number of amides is 1. The summed E-state index contributed by atoms with van der Waals surface area (Å²) in [6.07, 6.45) is 1.43. The van der Waals surface area contributed by atoms with Crippen molar-refractivity contribution in [1.82, 2.24) is 5.32 Å². The lowest BCUT2D eigenvalue weighted by Gasteiger charge is -2.14. The van der Waals surface area contributed by atoms with Crippen molar-refractivity contribution in [2.24, 2.45) is 0 Å². The second kappa shape index (κ2) is 10.2. The third-order valence-electron chi connectivity index (χ3n) is 3.86. The van der Waals surface area contributed by atoms with Gasteiger partial charge in [-0.25, -0.2) is 0 Å².